The molecule has 2 atom stereocenters. The van der Waals surface area contributed by atoms with Crippen LogP contribution in [-0.2, 0) is 0 Å². The van der Waals surface area contributed by atoms with Gasteiger partial charge in [-0.05, 0) is 43.0 Å². The predicted molar refractivity (Wildman–Crippen MR) is 116 cm³/mol. The van der Waals surface area contributed by atoms with E-state index in [9.17, 15) is 5.11 Å². The molecule has 26 heavy (non-hydrogen) atoms. The summed E-state index contributed by atoms with van der Waals surface area (Å²) in [6, 6.07) is 8.71. The Kier molecular flexibility index (Phi) is 11.5. The fraction of sp³-hybridized carbons (Fsp3) is 0.739. The molecule has 3 heteroatoms. The smallest absolute Gasteiger partial charge is 0.0736 e. The Labute approximate surface area is 167 Å². The van der Waals surface area contributed by atoms with Crippen molar-refractivity contribution in [2.75, 3.05) is 19.6 Å². The lowest BCUT2D eigenvalue weighted by Gasteiger charge is -2.37. The molecule has 0 bridgehead atoms. The number of benzene rings is 1. The SMILES string of the molecule is CCCCCCCCCN1CCC(c2ccccc2C(C)C)C(O)C1.Cl. The highest BCUT2D eigenvalue weighted by atomic mass is 35.5. The van der Waals surface area contributed by atoms with Gasteiger partial charge in [0.15, 0.2) is 0 Å². The van der Waals surface area contributed by atoms with Crippen molar-refractivity contribution in [2.45, 2.75) is 90.1 Å². The molecule has 1 aromatic carbocycles. The molecule has 0 radical (unpaired) electrons. The zero-order chi connectivity index (χ0) is 18.1. The summed E-state index contributed by atoms with van der Waals surface area (Å²) in [7, 11) is 0. The first kappa shape index (κ1) is 23.5. The molecule has 0 aromatic heterocycles. The van der Waals surface area contributed by atoms with E-state index in [1.165, 1.54) is 56.1 Å². The fourth-order valence-electron chi connectivity index (χ4n) is 4.23. The largest absolute Gasteiger partial charge is 0.391 e. The lowest BCUT2D eigenvalue weighted by molar-refractivity contribution is 0.0502. The van der Waals surface area contributed by atoms with Gasteiger partial charge in [0.1, 0.15) is 0 Å². The first-order valence-electron chi connectivity index (χ1n) is 10.6. The molecule has 150 valence electrons. The van der Waals surface area contributed by atoms with E-state index in [4.69, 9.17) is 0 Å². The van der Waals surface area contributed by atoms with Gasteiger partial charge in [-0.3, -0.25) is 0 Å². The lowest BCUT2D eigenvalue weighted by atomic mass is 9.82. The molecule has 0 saturated carbocycles. The number of hydrogen-bond donors (Lipinski definition) is 1. The quantitative estimate of drug-likeness (QED) is 0.492. The molecule has 1 heterocycles. The highest BCUT2D eigenvalue weighted by molar-refractivity contribution is 5.85. The van der Waals surface area contributed by atoms with Gasteiger partial charge in [0.05, 0.1) is 6.10 Å². The van der Waals surface area contributed by atoms with Gasteiger partial charge >= 0.3 is 0 Å². The Morgan fingerprint density at radius 3 is 2.35 bits per heavy atom. The molecule has 1 saturated heterocycles. The summed E-state index contributed by atoms with van der Waals surface area (Å²) in [4.78, 5) is 2.48. The maximum Gasteiger partial charge on any atom is 0.0736 e. The standard InChI is InChI=1S/C23H39NO.ClH/c1-4-5-6-7-8-9-12-16-24-17-15-22(23(25)18-24)21-14-11-10-13-20(21)19(2)3;/h10-11,13-14,19,22-23,25H,4-9,12,15-18H2,1-3H3;1H. The number of piperidine rings is 1. The average Bonchev–Trinajstić information content (AvgIpc) is 2.61. The van der Waals surface area contributed by atoms with E-state index in [1.54, 1.807) is 0 Å². The van der Waals surface area contributed by atoms with Crippen LogP contribution in [-0.4, -0.2) is 35.7 Å². The summed E-state index contributed by atoms with van der Waals surface area (Å²) in [6.07, 6.45) is 10.4. The van der Waals surface area contributed by atoms with Crippen LogP contribution < -0.4 is 0 Å². The Morgan fingerprint density at radius 1 is 1.04 bits per heavy atom. The molecular formula is C23H40ClNO. The van der Waals surface area contributed by atoms with E-state index >= 15 is 0 Å². The Balaban J connectivity index is 0.00000338. The summed E-state index contributed by atoms with van der Waals surface area (Å²) in [5.41, 5.74) is 2.78. The number of rotatable bonds is 10. The first-order valence-corrected chi connectivity index (χ1v) is 10.6. The van der Waals surface area contributed by atoms with Crippen LogP contribution in [0.25, 0.3) is 0 Å². The van der Waals surface area contributed by atoms with Crippen molar-refractivity contribution in [3.8, 4) is 0 Å². The van der Waals surface area contributed by atoms with Gasteiger partial charge in [-0.1, -0.05) is 83.6 Å². The number of aliphatic hydroxyl groups excluding tert-OH is 1. The minimum atomic E-state index is -0.224. The summed E-state index contributed by atoms with van der Waals surface area (Å²) < 4.78 is 0. The number of aliphatic hydroxyl groups is 1. The van der Waals surface area contributed by atoms with E-state index in [2.05, 4.69) is 49.9 Å². The van der Waals surface area contributed by atoms with Crippen molar-refractivity contribution >= 4 is 12.4 Å². The van der Waals surface area contributed by atoms with Crippen LogP contribution in [0.1, 0.15) is 95.1 Å². The van der Waals surface area contributed by atoms with Crippen molar-refractivity contribution in [1.29, 1.82) is 0 Å². The second-order valence-electron chi connectivity index (χ2n) is 8.17. The Hall–Kier alpha value is -0.570. The Bertz CT molecular complexity index is 491. The minimum absolute atomic E-state index is 0. The molecule has 2 rings (SSSR count). The number of halogens is 1. The molecule has 1 N–H and O–H groups in total. The minimum Gasteiger partial charge on any atom is -0.391 e. The van der Waals surface area contributed by atoms with Gasteiger partial charge in [0.2, 0.25) is 0 Å². The predicted octanol–water partition coefficient (Wildman–Crippen LogP) is 6.13. The van der Waals surface area contributed by atoms with Gasteiger partial charge in [0, 0.05) is 12.5 Å². The van der Waals surface area contributed by atoms with Crippen molar-refractivity contribution in [3.05, 3.63) is 35.4 Å². The summed E-state index contributed by atoms with van der Waals surface area (Å²) in [6.45, 7) is 9.90. The van der Waals surface area contributed by atoms with Crippen LogP contribution in [0.3, 0.4) is 0 Å². The number of β-amino-alcohol motifs (C(OH)–C–C–N with tert-alkyl or cyclic N) is 1. The summed E-state index contributed by atoms with van der Waals surface area (Å²) in [5.74, 6) is 0.832. The molecule has 2 unspecified atom stereocenters. The van der Waals surface area contributed by atoms with E-state index in [0.29, 0.717) is 11.8 Å². The molecule has 2 nitrogen and oxygen atoms in total. The zero-order valence-electron chi connectivity index (χ0n) is 17.1. The molecule has 0 spiro atoms. The van der Waals surface area contributed by atoms with Crippen LogP contribution in [0.15, 0.2) is 24.3 Å². The molecule has 0 aliphatic carbocycles. The molecule has 0 amide bonds. The van der Waals surface area contributed by atoms with Crippen molar-refractivity contribution in [3.63, 3.8) is 0 Å². The van der Waals surface area contributed by atoms with Gasteiger partial charge in [0.25, 0.3) is 0 Å². The molecule has 1 aliphatic heterocycles. The third-order valence-electron chi connectivity index (χ3n) is 5.76. The third kappa shape index (κ3) is 7.21. The van der Waals surface area contributed by atoms with Crippen molar-refractivity contribution in [2.24, 2.45) is 0 Å². The average molecular weight is 382 g/mol. The van der Waals surface area contributed by atoms with Gasteiger partial charge in [-0.15, -0.1) is 12.4 Å². The van der Waals surface area contributed by atoms with Crippen molar-refractivity contribution in [1.82, 2.24) is 4.90 Å². The summed E-state index contributed by atoms with van der Waals surface area (Å²) in [5, 5.41) is 10.8. The highest BCUT2D eigenvalue weighted by Gasteiger charge is 2.30. The van der Waals surface area contributed by atoms with E-state index in [1.807, 2.05) is 0 Å². The normalized spacial score (nSPS) is 21.0. The maximum absolute atomic E-state index is 10.8. The molecule has 1 fully saturated rings. The monoisotopic (exact) mass is 381 g/mol. The first-order chi connectivity index (χ1) is 12.1. The van der Waals surface area contributed by atoms with Crippen LogP contribution in [0.4, 0.5) is 0 Å². The molecular weight excluding hydrogens is 342 g/mol. The number of unbranched alkanes of at least 4 members (excludes halogenated alkanes) is 6. The van der Waals surface area contributed by atoms with E-state index in [0.717, 1.165) is 26.1 Å². The van der Waals surface area contributed by atoms with Crippen LogP contribution in [0.5, 0.6) is 0 Å². The molecule has 1 aliphatic rings. The summed E-state index contributed by atoms with van der Waals surface area (Å²) >= 11 is 0. The Morgan fingerprint density at radius 2 is 1.69 bits per heavy atom. The zero-order valence-corrected chi connectivity index (χ0v) is 17.9. The van der Waals surface area contributed by atoms with Gasteiger partial charge < -0.3 is 10.0 Å². The molecule has 1 aromatic rings. The number of nitrogens with zero attached hydrogens (tertiary/aromatic N) is 1. The third-order valence-corrected chi connectivity index (χ3v) is 5.76. The van der Waals surface area contributed by atoms with E-state index < -0.39 is 0 Å². The van der Waals surface area contributed by atoms with Crippen LogP contribution in [0.2, 0.25) is 0 Å². The van der Waals surface area contributed by atoms with Crippen LogP contribution in [0, 0.1) is 0 Å². The highest BCUT2D eigenvalue weighted by Crippen LogP contribution is 2.33. The number of likely N-dealkylation sites (tertiary alicyclic amines) is 1. The van der Waals surface area contributed by atoms with Crippen molar-refractivity contribution < 1.29 is 5.11 Å². The van der Waals surface area contributed by atoms with Gasteiger partial charge in [-0.25, -0.2) is 0 Å². The van der Waals surface area contributed by atoms with Gasteiger partial charge in [-0.2, -0.15) is 0 Å². The second-order valence-corrected chi connectivity index (χ2v) is 8.17. The lowest BCUT2D eigenvalue weighted by Crippen LogP contribution is -2.43. The second kappa shape index (κ2) is 12.8. The van der Waals surface area contributed by atoms with Crippen LogP contribution >= 0.6 is 12.4 Å². The maximum atomic E-state index is 10.8. The number of hydrogen-bond acceptors (Lipinski definition) is 2. The topological polar surface area (TPSA) is 23.5 Å². The fourth-order valence-corrected chi connectivity index (χ4v) is 4.23. The van der Waals surface area contributed by atoms with E-state index in [-0.39, 0.29) is 18.5 Å².